The lowest BCUT2D eigenvalue weighted by Gasteiger charge is -2.35. The molecule has 1 aliphatic heterocycles. The van der Waals surface area contributed by atoms with Gasteiger partial charge >= 0.3 is 6.09 Å². The van der Waals surface area contributed by atoms with E-state index in [4.69, 9.17) is 24.5 Å². The number of hydrogen-bond donors (Lipinski definition) is 1. The highest BCUT2D eigenvalue weighted by Gasteiger charge is 2.35. The Bertz CT molecular complexity index is 1300. The summed E-state index contributed by atoms with van der Waals surface area (Å²) in [7, 11) is 0. The van der Waals surface area contributed by atoms with Gasteiger partial charge in [-0.25, -0.2) is 9.78 Å². The second-order valence-electron chi connectivity index (χ2n) is 12.0. The summed E-state index contributed by atoms with van der Waals surface area (Å²) in [5.41, 5.74) is 5.78. The van der Waals surface area contributed by atoms with Crippen LogP contribution in [-0.2, 0) is 16.0 Å². The molecule has 0 radical (unpaired) electrons. The second-order valence-corrected chi connectivity index (χ2v) is 12.0. The molecular weight excluding hydrogens is 480 g/mol. The first-order valence-electron chi connectivity index (χ1n) is 13.9. The standard InChI is InChI=1S/C29H38N6O3/c1-29(2,3)38-28(36)31-15-20-12-22(13-20)35-18-23(27(33-35)21-5-6-21)26-16-30-24-7-4-19(14-25(24)32-26)17-34-8-10-37-11-9-34/h4,7,14,16,18,20-22H,5-6,8-13,15,17H2,1-3H3,(H,31,36)/t20-,22-. The van der Waals surface area contributed by atoms with E-state index in [0.717, 1.165) is 73.7 Å². The summed E-state index contributed by atoms with van der Waals surface area (Å²) in [6.07, 6.45) is 8.07. The molecular formula is C29H38N6O3. The van der Waals surface area contributed by atoms with Crippen LogP contribution in [0.4, 0.5) is 4.79 Å². The van der Waals surface area contributed by atoms with Gasteiger partial charge in [0.2, 0.25) is 0 Å². The Morgan fingerprint density at radius 3 is 2.68 bits per heavy atom. The van der Waals surface area contributed by atoms with Gasteiger partial charge in [0.25, 0.3) is 0 Å². The first-order valence-corrected chi connectivity index (χ1v) is 13.9. The van der Waals surface area contributed by atoms with Crippen LogP contribution in [0.15, 0.2) is 30.6 Å². The molecule has 202 valence electrons. The number of morpholine rings is 1. The van der Waals surface area contributed by atoms with E-state index in [1.807, 2.05) is 27.0 Å². The minimum Gasteiger partial charge on any atom is -0.444 e. The Morgan fingerprint density at radius 2 is 1.95 bits per heavy atom. The van der Waals surface area contributed by atoms with Crippen molar-refractivity contribution in [2.24, 2.45) is 5.92 Å². The first kappa shape index (κ1) is 25.2. The van der Waals surface area contributed by atoms with Crippen LogP contribution in [0.1, 0.15) is 69.7 Å². The van der Waals surface area contributed by atoms with Gasteiger partial charge in [-0.15, -0.1) is 0 Å². The number of benzene rings is 1. The Kier molecular flexibility index (Phi) is 6.82. The van der Waals surface area contributed by atoms with Gasteiger partial charge in [0.15, 0.2) is 0 Å². The molecule has 3 fully saturated rings. The molecule has 3 heterocycles. The number of fused-ring (bicyclic) bond motifs is 1. The Balaban J connectivity index is 1.15. The molecule has 3 aromatic rings. The van der Waals surface area contributed by atoms with E-state index in [9.17, 15) is 4.79 Å². The summed E-state index contributed by atoms with van der Waals surface area (Å²) >= 11 is 0. The highest BCUT2D eigenvalue weighted by Crippen LogP contribution is 2.45. The molecule has 38 heavy (non-hydrogen) atoms. The summed E-state index contributed by atoms with van der Waals surface area (Å²) in [6, 6.07) is 6.76. The van der Waals surface area contributed by atoms with Crippen LogP contribution in [0.2, 0.25) is 0 Å². The van der Waals surface area contributed by atoms with E-state index in [-0.39, 0.29) is 6.09 Å². The quantitative estimate of drug-likeness (QED) is 0.485. The van der Waals surface area contributed by atoms with Crippen molar-refractivity contribution in [1.82, 2.24) is 30.0 Å². The molecule has 1 saturated heterocycles. The zero-order chi connectivity index (χ0) is 26.3. The van der Waals surface area contributed by atoms with E-state index in [1.54, 1.807) is 0 Å². The largest absolute Gasteiger partial charge is 0.444 e. The molecule has 0 unspecified atom stereocenters. The van der Waals surface area contributed by atoms with Crippen LogP contribution in [0.5, 0.6) is 0 Å². The number of hydrogen-bond acceptors (Lipinski definition) is 7. The zero-order valence-electron chi connectivity index (χ0n) is 22.7. The van der Waals surface area contributed by atoms with Gasteiger partial charge in [0.05, 0.1) is 47.9 Å². The van der Waals surface area contributed by atoms with Crippen molar-refractivity contribution >= 4 is 17.1 Å². The van der Waals surface area contributed by atoms with Gasteiger partial charge in [0.1, 0.15) is 5.60 Å². The fourth-order valence-electron chi connectivity index (χ4n) is 5.38. The fourth-order valence-corrected chi connectivity index (χ4v) is 5.38. The molecule has 9 heteroatoms. The van der Waals surface area contributed by atoms with E-state index >= 15 is 0 Å². The van der Waals surface area contributed by atoms with E-state index in [0.29, 0.717) is 24.4 Å². The van der Waals surface area contributed by atoms with Crippen molar-refractivity contribution in [3.05, 3.63) is 41.9 Å². The molecule has 2 aliphatic carbocycles. The van der Waals surface area contributed by atoms with Gasteiger partial charge in [-0.05, 0) is 70.1 Å². The maximum absolute atomic E-state index is 12.0. The lowest BCUT2D eigenvalue weighted by atomic mass is 9.80. The number of nitrogens with zero attached hydrogens (tertiary/aromatic N) is 5. The number of ether oxygens (including phenoxy) is 2. The van der Waals surface area contributed by atoms with Crippen LogP contribution < -0.4 is 5.32 Å². The Hall–Kier alpha value is -3.04. The molecule has 2 saturated carbocycles. The van der Waals surface area contributed by atoms with Gasteiger partial charge in [0, 0.05) is 43.9 Å². The normalized spacial score (nSPS) is 22.3. The van der Waals surface area contributed by atoms with Crippen LogP contribution in [-0.4, -0.2) is 69.2 Å². The molecule has 0 atom stereocenters. The fraction of sp³-hybridized carbons (Fsp3) is 0.586. The number of alkyl carbamates (subject to hydrolysis) is 1. The van der Waals surface area contributed by atoms with Crippen LogP contribution in [0.3, 0.4) is 0 Å². The molecule has 0 spiro atoms. The summed E-state index contributed by atoms with van der Waals surface area (Å²) in [5, 5.41) is 7.95. The SMILES string of the molecule is CC(C)(C)OC(=O)NC[C@H]1C[C@H](n2cc(-c3cnc4ccc(CN5CCOCC5)cc4n3)c(C3CC3)n2)C1. The summed E-state index contributed by atoms with van der Waals surface area (Å²) in [4.78, 5) is 24.2. The third-order valence-corrected chi connectivity index (χ3v) is 7.64. The van der Waals surface area contributed by atoms with E-state index < -0.39 is 5.60 Å². The average molecular weight is 519 g/mol. The average Bonchev–Trinajstić information content (AvgIpc) is 3.61. The predicted molar refractivity (Wildman–Crippen MR) is 145 cm³/mol. The number of nitrogens with one attached hydrogen (secondary N) is 1. The van der Waals surface area contributed by atoms with E-state index in [1.165, 1.54) is 18.4 Å². The molecule has 1 aromatic carbocycles. The summed E-state index contributed by atoms with van der Waals surface area (Å²) < 4.78 is 13.0. The third-order valence-electron chi connectivity index (χ3n) is 7.64. The number of aromatic nitrogens is 4. The Labute approximate surface area is 223 Å². The zero-order valence-corrected chi connectivity index (χ0v) is 22.7. The van der Waals surface area contributed by atoms with Gasteiger partial charge in [-0.3, -0.25) is 14.6 Å². The lowest BCUT2D eigenvalue weighted by Crippen LogP contribution is -2.39. The van der Waals surface area contributed by atoms with Crippen molar-refractivity contribution in [3.63, 3.8) is 0 Å². The molecule has 2 aromatic heterocycles. The molecule has 9 nitrogen and oxygen atoms in total. The summed E-state index contributed by atoms with van der Waals surface area (Å²) in [5.74, 6) is 0.955. The maximum atomic E-state index is 12.0. The number of carbonyl (C=O) groups is 1. The van der Waals surface area contributed by atoms with Crippen molar-refractivity contribution in [1.29, 1.82) is 0 Å². The molecule has 6 rings (SSSR count). The van der Waals surface area contributed by atoms with Crippen molar-refractivity contribution in [2.75, 3.05) is 32.8 Å². The monoisotopic (exact) mass is 518 g/mol. The second kappa shape index (κ2) is 10.3. The summed E-state index contributed by atoms with van der Waals surface area (Å²) in [6.45, 7) is 10.7. The van der Waals surface area contributed by atoms with Crippen LogP contribution >= 0.6 is 0 Å². The lowest BCUT2D eigenvalue weighted by molar-refractivity contribution is 0.0342. The van der Waals surface area contributed by atoms with Crippen molar-refractivity contribution in [2.45, 2.75) is 70.6 Å². The highest BCUT2D eigenvalue weighted by atomic mass is 16.6. The van der Waals surface area contributed by atoms with Crippen LogP contribution in [0, 0.1) is 5.92 Å². The Morgan fingerprint density at radius 1 is 1.16 bits per heavy atom. The minimum absolute atomic E-state index is 0.346. The van der Waals surface area contributed by atoms with Crippen LogP contribution in [0.25, 0.3) is 22.3 Å². The molecule has 1 N–H and O–H groups in total. The molecule has 1 amide bonds. The third kappa shape index (κ3) is 5.83. The highest BCUT2D eigenvalue weighted by molar-refractivity contribution is 5.78. The molecule has 3 aliphatic rings. The topological polar surface area (TPSA) is 94.4 Å². The predicted octanol–water partition coefficient (Wildman–Crippen LogP) is 4.68. The first-order chi connectivity index (χ1) is 18.3. The van der Waals surface area contributed by atoms with Crippen molar-refractivity contribution < 1.29 is 14.3 Å². The molecule has 0 bridgehead atoms. The maximum Gasteiger partial charge on any atom is 0.407 e. The smallest absolute Gasteiger partial charge is 0.407 e. The number of rotatable bonds is 7. The minimum atomic E-state index is -0.479. The number of carbonyl (C=O) groups excluding carboxylic acids is 1. The number of amides is 1. The van der Waals surface area contributed by atoms with Crippen molar-refractivity contribution in [3.8, 4) is 11.3 Å². The van der Waals surface area contributed by atoms with Gasteiger partial charge < -0.3 is 14.8 Å². The van der Waals surface area contributed by atoms with Gasteiger partial charge in [-0.1, -0.05) is 6.07 Å². The van der Waals surface area contributed by atoms with Gasteiger partial charge in [-0.2, -0.15) is 5.10 Å². The van der Waals surface area contributed by atoms with E-state index in [2.05, 4.69) is 39.3 Å².